The SMILES string of the molecule is O.O=S(=O)([O-])[O-].[Ni+2].[OH3+].[OH3+].[OH3+].[OH3+].[OH3+].[OH3+]. The summed E-state index contributed by atoms with van der Waals surface area (Å²) in [4.78, 5) is 0. The first-order chi connectivity index (χ1) is 2.00. The van der Waals surface area contributed by atoms with E-state index in [4.69, 9.17) is 17.5 Å². The fraction of sp³-hybridized carbons (Fsp3) is 0. The maximum absolute atomic E-state index is 8.52. The zero-order valence-corrected chi connectivity index (χ0v) is 8.13. The second-order valence-corrected chi connectivity index (χ2v) is 1.22. The molecule has 0 aromatic heterocycles. The van der Waals surface area contributed by atoms with Crippen molar-refractivity contribution < 1.29 is 72.3 Å². The summed E-state index contributed by atoms with van der Waals surface area (Å²) in [6.07, 6.45) is 0. The third-order valence-electron chi connectivity index (χ3n) is 0. The van der Waals surface area contributed by atoms with Gasteiger partial charge in [-0.2, -0.15) is 0 Å². The van der Waals surface area contributed by atoms with Gasteiger partial charge in [0.25, 0.3) is 0 Å². The molecule has 0 radical (unpaired) electrons. The van der Waals surface area contributed by atoms with Crippen molar-refractivity contribution in [2.45, 2.75) is 0 Å². The van der Waals surface area contributed by atoms with Crippen LogP contribution in [0.25, 0.3) is 0 Å². The molecule has 0 heterocycles. The molecule has 96 valence electrons. The minimum Gasteiger partial charge on any atom is -0.759 e. The fourth-order valence-electron chi connectivity index (χ4n) is 0. The molecule has 11 nitrogen and oxygen atoms in total. The molecule has 20 N–H and O–H groups in total. The molecule has 0 saturated heterocycles. The summed E-state index contributed by atoms with van der Waals surface area (Å²) in [5, 5.41) is 0. The van der Waals surface area contributed by atoms with E-state index in [-0.39, 0.29) is 54.8 Å². The van der Waals surface area contributed by atoms with Gasteiger partial charge in [-0.15, -0.1) is 0 Å². The molecule has 0 aromatic rings. The van der Waals surface area contributed by atoms with Crippen LogP contribution in [-0.2, 0) is 59.7 Å². The molecule has 0 saturated carbocycles. The van der Waals surface area contributed by atoms with Crippen LogP contribution in [0.2, 0.25) is 0 Å². The molecule has 0 aliphatic carbocycles. The summed E-state index contributed by atoms with van der Waals surface area (Å²) in [6.45, 7) is 0. The van der Waals surface area contributed by atoms with Crippen molar-refractivity contribution in [2.75, 3.05) is 0 Å². The molecule has 0 rings (SSSR count). The Kier molecular flexibility index (Phi) is 353. The van der Waals surface area contributed by atoms with E-state index in [0.29, 0.717) is 0 Å². The standard InChI is InChI=1S/Ni.H2O4S.7H2O/c;1-5(2,3)4;;;;;;;/h;(H2,1,2,3,4);7*1H2/q+2;;;;;;;;/p+4. The maximum atomic E-state index is 8.52. The van der Waals surface area contributed by atoms with E-state index in [9.17, 15) is 0 Å². The first kappa shape index (κ1) is 115. The predicted octanol–water partition coefficient (Wildman–Crippen LogP) is -7.70. The Hall–Kier alpha value is 0.0835. The second-order valence-electron chi connectivity index (χ2n) is 0.408. The van der Waals surface area contributed by atoms with E-state index in [1.165, 1.54) is 0 Å². The van der Waals surface area contributed by atoms with E-state index >= 15 is 0 Å². The molecule has 0 bridgehead atoms. The van der Waals surface area contributed by atoms with Gasteiger partial charge in [-0.25, -0.2) is 0 Å². The van der Waals surface area contributed by atoms with Gasteiger partial charge in [0.2, 0.25) is 0 Å². The average Bonchev–Trinajstić information content (AvgIpc) is 0.722. The van der Waals surface area contributed by atoms with Crippen molar-refractivity contribution in [3.63, 3.8) is 0 Å². The van der Waals surface area contributed by atoms with Gasteiger partial charge >= 0.3 is 16.5 Å². The average molecular weight is 287 g/mol. The monoisotopic (exact) mass is 286 g/mol. The molecular weight excluding hydrogens is 267 g/mol. The number of hydrogen-bond donors (Lipinski definition) is 0. The van der Waals surface area contributed by atoms with Crippen molar-refractivity contribution >= 4 is 10.4 Å². The second kappa shape index (κ2) is 40.1. The van der Waals surface area contributed by atoms with E-state index in [1.54, 1.807) is 0 Å². The van der Waals surface area contributed by atoms with Gasteiger partial charge in [0, 0.05) is 10.4 Å². The van der Waals surface area contributed by atoms with Crippen LogP contribution in [0.1, 0.15) is 0 Å². The molecule has 13 heteroatoms. The number of rotatable bonds is 0. The topological polar surface area (TPSA) is 310 Å². The Balaban J connectivity index is -0.00000000286. The summed E-state index contributed by atoms with van der Waals surface area (Å²) in [7, 11) is -5.17. The molecule has 0 unspecified atom stereocenters. The molecule has 0 spiro atoms. The van der Waals surface area contributed by atoms with Crippen LogP contribution < -0.4 is 0 Å². The molecular formula is H20NiO11S+6. The van der Waals surface area contributed by atoms with Crippen LogP contribution >= 0.6 is 0 Å². The maximum Gasteiger partial charge on any atom is 2.00 e. The van der Waals surface area contributed by atoms with Crippen LogP contribution in [-0.4, -0.2) is 23.0 Å². The third-order valence-corrected chi connectivity index (χ3v) is 0. The van der Waals surface area contributed by atoms with Gasteiger partial charge < -0.3 is 47.4 Å². The van der Waals surface area contributed by atoms with E-state index in [0.717, 1.165) is 0 Å². The molecule has 13 heavy (non-hydrogen) atoms. The van der Waals surface area contributed by atoms with Crippen molar-refractivity contribution in [2.24, 2.45) is 0 Å². The molecule has 0 aliphatic heterocycles. The molecule has 0 fully saturated rings. The van der Waals surface area contributed by atoms with Gasteiger partial charge in [-0.3, -0.25) is 8.42 Å². The predicted molar refractivity (Wildman–Crippen MR) is 43.3 cm³/mol. The van der Waals surface area contributed by atoms with Crippen LogP contribution in [0.15, 0.2) is 0 Å². The summed E-state index contributed by atoms with van der Waals surface area (Å²) in [5.74, 6) is 0. The van der Waals surface area contributed by atoms with Crippen molar-refractivity contribution in [3.8, 4) is 0 Å². The van der Waals surface area contributed by atoms with Crippen LogP contribution in [0.4, 0.5) is 0 Å². The smallest absolute Gasteiger partial charge is 0.759 e. The molecule has 0 aliphatic rings. The molecule has 0 aromatic carbocycles. The summed E-state index contributed by atoms with van der Waals surface area (Å²) >= 11 is 0. The molecule has 0 amide bonds. The fourth-order valence-corrected chi connectivity index (χ4v) is 0. The van der Waals surface area contributed by atoms with Crippen molar-refractivity contribution in [1.29, 1.82) is 0 Å². The van der Waals surface area contributed by atoms with Gasteiger partial charge in [0.1, 0.15) is 0 Å². The summed E-state index contributed by atoms with van der Waals surface area (Å²) in [5.41, 5.74) is 0. The largest absolute Gasteiger partial charge is 2.00 e. The first-order valence-corrected chi connectivity index (χ1v) is 2.00. The van der Waals surface area contributed by atoms with Gasteiger partial charge in [0.05, 0.1) is 0 Å². The Morgan fingerprint density at radius 3 is 0.692 bits per heavy atom. The Morgan fingerprint density at radius 2 is 0.692 bits per heavy atom. The van der Waals surface area contributed by atoms with Gasteiger partial charge in [-0.1, -0.05) is 0 Å². The zero-order valence-electron chi connectivity index (χ0n) is 6.32. The summed E-state index contributed by atoms with van der Waals surface area (Å²) in [6, 6.07) is 0. The number of hydrogen-bond acceptors (Lipinski definition) is 4. The Labute approximate surface area is 83.4 Å². The molecule has 0 atom stereocenters. The van der Waals surface area contributed by atoms with Crippen LogP contribution in [0.3, 0.4) is 0 Å². The van der Waals surface area contributed by atoms with E-state index < -0.39 is 10.4 Å². The van der Waals surface area contributed by atoms with Gasteiger partial charge in [0.15, 0.2) is 0 Å². The van der Waals surface area contributed by atoms with Crippen LogP contribution in [0, 0.1) is 0 Å². The minimum atomic E-state index is -5.17. The van der Waals surface area contributed by atoms with Gasteiger partial charge in [-0.05, 0) is 0 Å². The first-order valence-electron chi connectivity index (χ1n) is 0.667. The quantitative estimate of drug-likeness (QED) is 0.181. The normalized spacial score (nSPS) is 4.46. The minimum absolute atomic E-state index is 0. The van der Waals surface area contributed by atoms with E-state index in [2.05, 4.69) is 0 Å². The van der Waals surface area contributed by atoms with Crippen molar-refractivity contribution in [1.82, 2.24) is 0 Å². The van der Waals surface area contributed by atoms with E-state index in [1.807, 2.05) is 0 Å². The Morgan fingerprint density at radius 1 is 0.692 bits per heavy atom. The van der Waals surface area contributed by atoms with Crippen LogP contribution in [0.5, 0.6) is 0 Å². The zero-order chi connectivity index (χ0) is 4.50. The van der Waals surface area contributed by atoms with Crippen molar-refractivity contribution in [3.05, 3.63) is 0 Å². The summed E-state index contributed by atoms with van der Waals surface area (Å²) < 4.78 is 34.1. The Bertz CT molecular complexity index is 93.3. The third kappa shape index (κ3) is 176000.